The summed E-state index contributed by atoms with van der Waals surface area (Å²) in [5.41, 5.74) is 14.9. The van der Waals surface area contributed by atoms with E-state index in [9.17, 15) is 8.76 Å². The van der Waals surface area contributed by atoms with E-state index in [1.165, 1.54) is 12.3 Å². The van der Waals surface area contributed by atoms with Crippen LogP contribution in [0.25, 0.3) is 0 Å². The number of dihydropyridines is 2. The Morgan fingerprint density at radius 2 is 2.19 bits per heavy atom. The summed E-state index contributed by atoms with van der Waals surface area (Å²) in [6.07, 6.45) is 12.6. The molecule has 2 rings (SSSR count). The molecule has 2 heterocycles. The molecule has 0 amide bonds. The van der Waals surface area contributed by atoms with Crippen LogP contribution < -0.4 is 22.1 Å². The lowest BCUT2D eigenvalue weighted by Crippen LogP contribution is -2.27. The first kappa shape index (κ1) is 20.1. The molecule has 0 saturated carbocycles. The monoisotopic (exact) mass is 386 g/mol. The smallest absolute Gasteiger partial charge is 0.132 e. The summed E-state index contributed by atoms with van der Waals surface area (Å²) in [6.45, 7) is 0. The van der Waals surface area contributed by atoms with Crippen molar-refractivity contribution in [2.24, 2.45) is 21.5 Å². The molecule has 2 aliphatic heterocycles. The Hall–Kier alpha value is -3.24. The fourth-order valence-electron chi connectivity index (χ4n) is 2.30. The van der Waals surface area contributed by atoms with Crippen molar-refractivity contribution in [3.05, 3.63) is 70.6 Å². The van der Waals surface area contributed by atoms with Gasteiger partial charge in [-0.2, -0.15) is 0 Å². The third kappa shape index (κ3) is 5.62. The predicted octanol–water partition coefficient (Wildman–Crippen LogP) is 0.0414. The summed E-state index contributed by atoms with van der Waals surface area (Å²) in [5.74, 6) is 0.249. The molecular formula is C17H20N7O2S-. The molecule has 0 saturated heterocycles. The van der Waals surface area contributed by atoms with E-state index in [0.717, 1.165) is 28.8 Å². The minimum absolute atomic E-state index is 0.0790. The van der Waals surface area contributed by atoms with Crippen molar-refractivity contribution in [3.8, 4) is 0 Å². The van der Waals surface area contributed by atoms with Gasteiger partial charge in [-0.15, -0.1) is 0 Å². The summed E-state index contributed by atoms with van der Waals surface area (Å²) < 4.78 is 21.5. The van der Waals surface area contributed by atoms with Crippen molar-refractivity contribution in [2.75, 3.05) is 12.8 Å². The van der Waals surface area contributed by atoms with E-state index in [-0.39, 0.29) is 17.2 Å². The number of aliphatic imine (C=N–C) groups is 2. The van der Waals surface area contributed by atoms with Crippen molar-refractivity contribution in [1.82, 2.24) is 10.6 Å². The Labute approximate surface area is 159 Å². The van der Waals surface area contributed by atoms with Gasteiger partial charge in [-0.05, 0) is 29.9 Å². The molecule has 7 N–H and O–H groups in total. The zero-order chi connectivity index (χ0) is 19.8. The molecule has 1 unspecified atom stereocenters. The van der Waals surface area contributed by atoms with Crippen LogP contribution in [-0.2, 0) is 11.1 Å². The molecule has 142 valence electrons. The molecule has 0 aliphatic carbocycles. The van der Waals surface area contributed by atoms with Crippen LogP contribution in [0.3, 0.4) is 0 Å². The highest BCUT2D eigenvalue weighted by Crippen LogP contribution is 2.22. The van der Waals surface area contributed by atoms with E-state index in [2.05, 4.69) is 20.6 Å². The molecule has 0 spiro atoms. The van der Waals surface area contributed by atoms with Gasteiger partial charge in [0.25, 0.3) is 0 Å². The molecule has 0 fully saturated rings. The summed E-state index contributed by atoms with van der Waals surface area (Å²) in [6, 6.07) is 0. The first-order chi connectivity index (χ1) is 13.0. The second-order valence-electron chi connectivity index (χ2n) is 5.42. The lowest BCUT2D eigenvalue weighted by Gasteiger charge is -2.23. The molecule has 9 nitrogen and oxygen atoms in total. The molecule has 0 radical (unpaired) electrons. The van der Waals surface area contributed by atoms with Gasteiger partial charge in [0.05, 0.1) is 11.4 Å². The molecule has 0 bridgehead atoms. The van der Waals surface area contributed by atoms with E-state index in [0.29, 0.717) is 5.82 Å². The van der Waals surface area contributed by atoms with Crippen LogP contribution in [-0.4, -0.2) is 39.8 Å². The Balaban J connectivity index is 2.21. The first-order valence-electron chi connectivity index (χ1n) is 7.80. The van der Waals surface area contributed by atoms with Gasteiger partial charge in [0.1, 0.15) is 11.7 Å². The number of fused-ring (bicyclic) bond motifs is 1. The minimum Gasteiger partial charge on any atom is -0.772 e. The quantitative estimate of drug-likeness (QED) is 0.235. The van der Waals surface area contributed by atoms with Crippen LogP contribution in [0.2, 0.25) is 0 Å². The average Bonchev–Trinajstić information content (AvgIpc) is 2.64. The van der Waals surface area contributed by atoms with Crippen molar-refractivity contribution >= 4 is 29.3 Å². The van der Waals surface area contributed by atoms with Gasteiger partial charge in [-0.3, -0.25) is 9.20 Å². The van der Waals surface area contributed by atoms with Crippen LogP contribution >= 0.6 is 0 Å². The number of rotatable bonds is 7. The standard InChI is InChI=1S/C17H21N7O2S/c1-21-8-13(7-19)12-5-15-14(22-9-12)2-3-17(23-15)24-16(20)4-11(6-18)10-27(25)26/h2-9,18,22-23H,10,19H2,1H3,(H2,20,24)(H,25,26)/p-1. The van der Waals surface area contributed by atoms with Gasteiger partial charge in [0.15, 0.2) is 0 Å². The summed E-state index contributed by atoms with van der Waals surface area (Å²) >= 11 is -2.31. The van der Waals surface area contributed by atoms with Crippen LogP contribution in [0.5, 0.6) is 0 Å². The summed E-state index contributed by atoms with van der Waals surface area (Å²) in [5, 5.41) is 13.5. The lowest BCUT2D eigenvalue weighted by atomic mass is 10.0. The van der Waals surface area contributed by atoms with Crippen molar-refractivity contribution < 1.29 is 8.76 Å². The van der Waals surface area contributed by atoms with Gasteiger partial charge >= 0.3 is 0 Å². The van der Waals surface area contributed by atoms with E-state index in [1.54, 1.807) is 19.3 Å². The average molecular weight is 386 g/mol. The normalized spacial score (nSPS) is 19.1. The van der Waals surface area contributed by atoms with Crippen molar-refractivity contribution in [1.29, 1.82) is 5.41 Å². The molecule has 10 heteroatoms. The highest BCUT2D eigenvalue weighted by Gasteiger charge is 2.16. The number of allylic oxidation sites excluding steroid dienone is 5. The highest BCUT2D eigenvalue weighted by atomic mass is 32.2. The number of hydrogen-bond donors (Lipinski definition) is 5. The topological polar surface area (TPSA) is 165 Å². The number of hydrogen-bond acceptors (Lipinski definition) is 8. The van der Waals surface area contributed by atoms with Crippen LogP contribution in [0, 0.1) is 5.41 Å². The Morgan fingerprint density at radius 1 is 1.41 bits per heavy atom. The Morgan fingerprint density at radius 3 is 2.81 bits per heavy atom. The maximum absolute atomic E-state index is 10.8. The van der Waals surface area contributed by atoms with Gasteiger partial charge in [0.2, 0.25) is 0 Å². The molecule has 27 heavy (non-hydrogen) atoms. The minimum atomic E-state index is -2.31. The fourth-order valence-corrected chi connectivity index (χ4v) is 2.74. The maximum Gasteiger partial charge on any atom is 0.132 e. The zero-order valence-electron chi connectivity index (χ0n) is 14.6. The molecule has 1 atom stereocenters. The second-order valence-corrected chi connectivity index (χ2v) is 6.31. The third-order valence-electron chi connectivity index (χ3n) is 3.48. The summed E-state index contributed by atoms with van der Waals surface area (Å²) in [4.78, 5) is 8.19. The maximum atomic E-state index is 10.8. The molecule has 0 aromatic carbocycles. The number of nitrogens with one attached hydrogen (secondary N) is 3. The van der Waals surface area contributed by atoms with E-state index in [1.807, 2.05) is 18.4 Å². The van der Waals surface area contributed by atoms with Gasteiger partial charge in [-0.1, -0.05) is 11.1 Å². The Bertz CT molecular complexity index is 889. The third-order valence-corrected chi connectivity index (χ3v) is 4.05. The zero-order valence-corrected chi connectivity index (χ0v) is 15.4. The van der Waals surface area contributed by atoms with E-state index < -0.39 is 11.1 Å². The SMILES string of the molecule is CN=CC(=CN)C1=CNC2=CC=C(N=C(N)C=C(C=N)CS(=O)[O-])NC2=C1. The van der Waals surface area contributed by atoms with Gasteiger partial charge < -0.3 is 32.1 Å². The van der Waals surface area contributed by atoms with Crippen LogP contribution in [0.1, 0.15) is 0 Å². The van der Waals surface area contributed by atoms with Crippen molar-refractivity contribution in [2.45, 2.75) is 0 Å². The van der Waals surface area contributed by atoms with E-state index >= 15 is 0 Å². The first-order valence-corrected chi connectivity index (χ1v) is 9.04. The highest BCUT2D eigenvalue weighted by molar-refractivity contribution is 7.79. The predicted molar refractivity (Wildman–Crippen MR) is 108 cm³/mol. The second kappa shape index (κ2) is 9.46. The lowest BCUT2D eigenvalue weighted by molar-refractivity contribution is 0.540. The number of amidine groups is 1. The van der Waals surface area contributed by atoms with Gasteiger partial charge in [0, 0.05) is 48.8 Å². The molecule has 0 aromatic heterocycles. The van der Waals surface area contributed by atoms with Crippen LogP contribution in [0.15, 0.2) is 80.6 Å². The van der Waals surface area contributed by atoms with Crippen molar-refractivity contribution in [3.63, 3.8) is 0 Å². The van der Waals surface area contributed by atoms with Crippen LogP contribution in [0.4, 0.5) is 0 Å². The largest absolute Gasteiger partial charge is 0.772 e. The Kier molecular flexibility index (Phi) is 7.03. The summed E-state index contributed by atoms with van der Waals surface area (Å²) in [7, 11) is 1.66. The number of nitrogens with two attached hydrogens (primary N) is 2. The molecule has 2 aliphatic rings. The molecular weight excluding hydrogens is 366 g/mol. The fraction of sp³-hybridized carbons (Fsp3) is 0.118. The van der Waals surface area contributed by atoms with E-state index in [4.69, 9.17) is 16.9 Å². The molecule has 0 aromatic rings. The van der Waals surface area contributed by atoms with Gasteiger partial charge in [-0.25, -0.2) is 4.99 Å². The number of nitrogens with zero attached hydrogens (tertiary/aromatic N) is 2.